The molecule has 1 aliphatic heterocycles. The van der Waals surface area contributed by atoms with E-state index in [2.05, 4.69) is 20.8 Å². The lowest BCUT2D eigenvalue weighted by Crippen LogP contribution is -2.56. The summed E-state index contributed by atoms with van der Waals surface area (Å²) >= 11 is 5.85. The van der Waals surface area contributed by atoms with Gasteiger partial charge in [0.15, 0.2) is 0 Å². The molecule has 3 rings (SSSR count). The van der Waals surface area contributed by atoms with E-state index < -0.39 is 30.5 Å². The van der Waals surface area contributed by atoms with Gasteiger partial charge >= 0.3 is 7.12 Å². The number of hydrogen-bond donors (Lipinski definition) is 4. The van der Waals surface area contributed by atoms with E-state index >= 15 is 0 Å². The summed E-state index contributed by atoms with van der Waals surface area (Å²) in [7, 11) is -1.72. The van der Waals surface area contributed by atoms with Crippen molar-refractivity contribution >= 4 is 36.2 Å². The number of halogens is 1. The number of nitrogens with one attached hydrogen (secondary N) is 2. The fourth-order valence-electron chi connectivity index (χ4n) is 3.73. The minimum Gasteiger partial charge on any atom is -0.426 e. The van der Waals surface area contributed by atoms with E-state index in [1.165, 1.54) is 6.07 Å². The van der Waals surface area contributed by atoms with Crippen molar-refractivity contribution in [2.45, 2.75) is 44.7 Å². The molecule has 0 fully saturated rings. The first-order valence-corrected chi connectivity index (χ1v) is 11.4. The molecular weight excluding hydrogens is 459 g/mol. The second kappa shape index (κ2) is 11.5. The van der Waals surface area contributed by atoms with Gasteiger partial charge in [-0.25, -0.2) is 4.98 Å². The van der Waals surface area contributed by atoms with Crippen LogP contribution in [0.25, 0.3) is 0 Å². The monoisotopic (exact) mass is 486 g/mol. The van der Waals surface area contributed by atoms with Crippen LogP contribution in [-0.4, -0.2) is 57.8 Å². The second-order valence-electron chi connectivity index (χ2n) is 8.73. The summed E-state index contributed by atoms with van der Waals surface area (Å²) in [5.74, 6) is -1.67. The van der Waals surface area contributed by atoms with Crippen LogP contribution >= 0.6 is 11.6 Å². The van der Waals surface area contributed by atoms with E-state index in [0.717, 1.165) is 5.56 Å². The molecule has 0 saturated carbocycles. The lowest BCUT2D eigenvalue weighted by molar-refractivity contribution is -0.144. The molecule has 2 unspecified atom stereocenters. The van der Waals surface area contributed by atoms with Crippen molar-refractivity contribution in [3.05, 3.63) is 64.9 Å². The molecule has 34 heavy (non-hydrogen) atoms. The molecule has 1 aromatic carbocycles. The van der Waals surface area contributed by atoms with Gasteiger partial charge in [0.25, 0.3) is 11.8 Å². The van der Waals surface area contributed by atoms with Crippen molar-refractivity contribution in [2.24, 2.45) is 11.1 Å². The van der Waals surface area contributed by atoms with Gasteiger partial charge in [-0.15, -0.1) is 0 Å². The summed E-state index contributed by atoms with van der Waals surface area (Å²) in [6, 6.07) is 14.1. The molecule has 0 bridgehead atoms. The summed E-state index contributed by atoms with van der Waals surface area (Å²) in [6.45, 7) is 3.90. The molecule has 2 amide bonds. The maximum absolute atomic E-state index is 13.4. The molecule has 9 nitrogen and oxygen atoms in total. The Bertz CT molecular complexity index is 1040. The van der Waals surface area contributed by atoms with Gasteiger partial charge in [-0.2, -0.15) is 0 Å². The highest BCUT2D eigenvalue weighted by atomic mass is 35.5. The average molecular weight is 487 g/mol. The van der Waals surface area contributed by atoms with Crippen molar-refractivity contribution in [2.75, 3.05) is 6.54 Å². The van der Waals surface area contributed by atoms with Gasteiger partial charge in [-0.1, -0.05) is 67.0 Å². The zero-order chi connectivity index (χ0) is 24.7. The van der Waals surface area contributed by atoms with Crippen LogP contribution in [0.3, 0.4) is 0 Å². The number of carbonyl (C=O) groups is 2. The third kappa shape index (κ3) is 6.79. The van der Waals surface area contributed by atoms with Crippen LogP contribution in [0, 0.1) is 5.92 Å². The standard InChI is InChI=1S/C23H28BClN4O5/c1-15(2)11-19(24(32)33)28-22(31)23(12-16-7-4-3-5-8-16)13-17(29-34-23)14-26-21(30)18-9-6-10-20(25)27-18/h3-10,15,19,32-33H,11-14H2,1-2H3,(H,26,30)(H,28,31). The molecule has 2 heterocycles. The van der Waals surface area contributed by atoms with E-state index in [4.69, 9.17) is 16.4 Å². The van der Waals surface area contributed by atoms with Crippen molar-refractivity contribution in [1.29, 1.82) is 0 Å². The van der Waals surface area contributed by atoms with Crippen LogP contribution in [0.1, 0.15) is 42.7 Å². The molecule has 4 N–H and O–H groups in total. The third-order valence-electron chi connectivity index (χ3n) is 5.39. The second-order valence-corrected chi connectivity index (χ2v) is 9.12. The Morgan fingerprint density at radius 1 is 1.18 bits per heavy atom. The van der Waals surface area contributed by atoms with E-state index in [-0.39, 0.29) is 36.2 Å². The third-order valence-corrected chi connectivity index (χ3v) is 5.60. The van der Waals surface area contributed by atoms with E-state index in [1.54, 1.807) is 12.1 Å². The number of hydrogen-bond acceptors (Lipinski definition) is 7. The summed E-state index contributed by atoms with van der Waals surface area (Å²) in [4.78, 5) is 35.4. The number of rotatable bonds is 10. The van der Waals surface area contributed by atoms with E-state index in [0.29, 0.717) is 12.1 Å². The fraction of sp³-hybridized carbons (Fsp3) is 0.391. The number of carbonyl (C=O) groups excluding carboxylic acids is 2. The van der Waals surface area contributed by atoms with Gasteiger partial charge in [-0.3, -0.25) is 9.59 Å². The molecule has 0 spiro atoms. The quantitative estimate of drug-likeness (QED) is 0.299. The summed E-state index contributed by atoms with van der Waals surface area (Å²) in [6.07, 6.45) is 0.709. The Morgan fingerprint density at radius 3 is 2.56 bits per heavy atom. The Labute approximate surface area is 203 Å². The van der Waals surface area contributed by atoms with Gasteiger partial charge in [-0.05, 0) is 30.0 Å². The summed E-state index contributed by atoms with van der Waals surface area (Å²) in [5, 5.41) is 29.2. The number of benzene rings is 1. The van der Waals surface area contributed by atoms with Gasteiger partial charge < -0.3 is 25.5 Å². The van der Waals surface area contributed by atoms with Gasteiger partial charge in [0, 0.05) is 12.8 Å². The van der Waals surface area contributed by atoms with Crippen molar-refractivity contribution in [3.8, 4) is 0 Å². The van der Waals surface area contributed by atoms with Crippen LogP contribution < -0.4 is 10.6 Å². The number of amides is 2. The first-order valence-electron chi connectivity index (χ1n) is 11.0. The first-order chi connectivity index (χ1) is 16.2. The van der Waals surface area contributed by atoms with Crippen molar-refractivity contribution < 1.29 is 24.5 Å². The zero-order valence-electron chi connectivity index (χ0n) is 19.1. The summed E-state index contributed by atoms with van der Waals surface area (Å²) in [5.41, 5.74) is 0.0891. The van der Waals surface area contributed by atoms with Crippen LogP contribution in [-0.2, 0) is 16.1 Å². The molecule has 0 saturated heterocycles. The van der Waals surface area contributed by atoms with Crippen LogP contribution in [0.4, 0.5) is 0 Å². The Balaban J connectivity index is 1.72. The molecule has 1 aromatic heterocycles. The fourth-order valence-corrected chi connectivity index (χ4v) is 3.90. The van der Waals surface area contributed by atoms with Crippen molar-refractivity contribution in [1.82, 2.24) is 15.6 Å². The highest BCUT2D eigenvalue weighted by Crippen LogP contribution is 2.29. The highest BCUT2D eigenvalue weighted by molar-refractivity contribution is 6.43. The predicted octanol–water partition coefficient (Wildman–Crippen LogP) is 1.77. The maximum atomic E-state index is 13.4. The predicted molar refractivity (Wildman–Crippen MR) is 129 cm³/mol. The van der Waals surface area contributed by atoms with Crippen molar-refractivity contribution in [3.63, 3.8) is 0 Å². The highest BCUT2D eigenvalue weighted by Gasteiger charge is 2.48. The smallest absolute Gasteiger partial charge is 0.426 e. The number of oxime groups is 1. The largest absolute Gasteiger partial charge is 0.475 e. The van der Waals surface area contributed by atoms with Crippen LogP contribution in [0.2, 0.25) is 5.15 Å². The van der Waals surface area contributed by atoms with Crippen LogP contribution in [0.5, 0.6) is 0 Å². The average Bonchev–Trinajstić information content (AvgIpc) is 3.21. The maximum Gasteiger partial charge on any atom is 0.475 e. The SMILES string of the molecule is CC(C)CC(NC(=O)C1(Cc2ccccc2)CC(CNC(=O)c2cccc(Cl)n2)=NO1)B(O)O. The number of aromatic nitrogens is 1. The Hall–Kier alpha value is -2.95. The molecule has 0 radical (unpaired) electrons. The zero-order valence-corrected chi connectivity index (χ0v) is 19.8. The van der Waals surface area contributed by atoms with Gasteiger partial charge in [0.05, 0.1) is 18.2 Å². The number of nitrogens with zero attached hydrogens (tertiary/aromatic N) is 2. The van der Waals surface area contributed by atoms with Gasteiger partial charge in [0.2, 0.25) is 5.60 Å². The molecular formula is C23H28BClN4O5. The first kappa shape index (κ1) is 25.7. The van der Waals surface area contributed by atoms with E-state index in [9.17, 15) is 19.6 Å². The molecule has 1 aliphatic rings. The van der Waals surface area contributed by atoms with E-state index in [1.807, 2.05) is 44.2 Å². The minimum atomic E-state index is -1.72. The number of pyridine rings is 1. The molecule has 180 valence electrons. The summed E-state index contributed by atoms with van der Waals surface area (Å²) < 4.78 is 0. The Morgan fingerprint density at radius 2 is 1.91 bits per heavy atom. The topological polar surface area (TPSA) is 133 Å². The molecule has 0 aliphatic carbocycles. The lowest BCUT2D eigenvalue weighted by atomic mass is 9.74. The molecule has 11 heteroatoms. The minimum absolute atomic E-state index is 0.0505. The van der Waals surface area contributed by atoms with Gasteiger partial charge in [0.1, 0.15) is 10.8 Å². The lowest BCUT2D eigenvalue weighted by Gasteiger charge is -2.29. The molecule has 2 aromatic rings. The normalized spacial score (nSPS) is 18.1. The Kier molecular flexibility index (Phi) is 8.65. The molecule has 2 atom stereocenters. The van der Waals surface area contributed by atoms with Crippen LogP contribution in [0.15, 0.2) is 53.7 Å².